The molecule has 2 aromatic rings. The first-order valence-corrected chi connectivity index (χ1v) is 11.8. The van der Waals surface area contributed by atoms with Crippen LogP contribution in [0.25, 0.3) is 0 Å². The number of hydrogen-bond acceptors (Lipinski definition) is 6. The Morgan fingerprint density at radius 2 is 2.00 bits per heavy atom. The van der Waals surface area contributed by atoms with Crippen molar-refractivity contribution in [3.05, 3.63) is 72.6 Å². The van der Waals surface area contributed by atoms with Crippen molar-refractivity contribution in [1.82, 2.24) is 5.32 Å². The van der Waals surface area contributed by atoms with Gasteiger partial charge in [0.05, 0.1) is 35.4 Å². The number of nitrogens with zero attached hydrogens (tertiary/aromatic N) is 1. The zero-order chi connectivity index (χ0) is 23.4. The molecular weight excluding hydrogens is 539 g/mol. The van der Waals surface area contributed by atoms with Gasteiger partial charge in [-0.3, -0.25) is 9.59 Å². The number of amides is 1. The number of nitriles is 1. The molecule has 0 fully saturated rings. The Bertz CT molecular complexity index is 1150. The van der Waals surface area contributed by atoms with Crippen LogP contribution in [0.5, 0.6) is 5.75 Å². The Morgan fingerprint density at radius 1 is 1.25 bits per heavy atom. The van der Waals surface area contributed by atoms with Crippen molar-refractivity contribution < 1.29 is 19.1 Å². The molecule has 0 unspecified atom stereocenters. The number of esters is 1. The van der Waals surface area contributed by atoms with E-state index in [9.17, 15) is 14.9 Å². The van der Waals surface area contributed by atoms with Crippen molar-refractivity contribution in [2.75, 3.05) is 14.2 Å². The van der Waals surface area contributed by atoms with E-state index >= 15 is 0 Å². The molecule has 0 radical (unpaired) electrons. The highest BCUT2D eigenvalue weighted by molar-refractivity contribution is 9.10. The molecule has 0 saturated heterocycles. The van der Waals surface area contributed by atoms with Crippen molar-refractivity contribution in [3.63, 3.8) is 0 Å². The summed E-state index contributed by atoms with van der Waals surface area (Å²) in [6.45, 7) is 0. The maximum Gasteiger partial charge on any atom is 0.319 e. The second-order valence-electron chi connectivity index (χ2n) is 6.74. The van der Waals surface area contributed by atoms with E-state index in [-0.39, 0.29) is 5.57 Å². The highest BCUT2D eigenvalue weighted by Gasteiger charge is 2.44. The number of thioether (sulfide) groups is 1. The van der Waals surface area contributed by atoms with Crippen LogP contribution in [-0.2, 0) is 20.1 Å². The maximum atomic E-state index is 12.9. The third-order valence-corrected chi connectivity index (χ3v) is 7.18. The lowest BCUT2D eigenvalue weighted by Gasteiger charge is -2.31. The van der Waals surface area contributed by atoms with Crippen molar-refractivity contribution in [3.8, 4) is 11.8 Å². The maximum absolute atomic E-state index is 12.9. The second-order valence-corrected chi connectivity index (χ2v) is 9.42. The number of benzene rings is 2. The lowest BCUT2D eigenvalue weighted by molar-refractivity contribution is -0.150. The molecule has 1 aliphatic heterocycles. The Balaban J connectivity index is 2.05. The zero-order valence-electron chi connectivity index (χ0n) is 16.9. The van der Waals surface area contributed by atoms with Crippen LogP contribution in [-0.4, -0.2) is 26.1 Å². The van der Waals surface area contributed by atoms with Crippen LogP contribution in [0.15, 0.2) is 51.5 Å². The predicted molar refractivity (Wildman–Crippen MR) is 127 cm³/mol. The van der Waals surface area contributed by atoms with E-state index in [0.29, 0.717) is 36.6 Å². The summed E-state index contributed by atoms with van der Waals surface area (Å²) in [6.07, 6.45) is 0. The second kappa shape index (κ2) is 10.6. The van der Waals surface area contributed by atoms with Gasteiger partial charge in [0.15, 0.2) is 0 Å². The molecule has 2 aromatic carbocycles. The molecule has 2 atom stereocenters. The molecule has 1 amide bonds. The minimum Gasteiger partial charge on any atom is -0.496 e. The number of carbonyl (C=O) groups is 2. The van der Waals surface area contributed by atoms with Gasteiger partial charge in [0.1, 0.15) is 11.7 Å². The van der Waals surface area contributed by atoms with Crippen molar-refractivity contribution >= 4 is 62.8 Å². The summed E-state index contributed by atoms with van der Waals surface area (Å²) in [7, 11) is 2.74. The summed E-state index contributed by atoms with van der Waals surface area (Å²) < 4.78 is 10.8. The SMILES string of the molecule is COC(=O)[C@H]1C(=O)NC(SCc2ccc(Cl)cc2Cl)=C(C#N)[C@@H]1c1ccc(OC)c(Br)c1. The summed E-state index contributed by atoms with van der Waals surface area (Å²) in [6, 6.07) is 12.5. The van der Waals surface area contributed by atoms with Gasteiger partial charge in [-0.25, -0.2) is 0 Å². The Morgan fingerprint density at radius 3 is 2.59 bits per heavy atom. The summed E-state index contributed by atoms with van der Waals surface area (Å²) >= 11 is 16.9. The summed E-state index contributed by atoms with van der Waals surface area (Å²) in [5, 5.41) is 14.1. The predicted octanol–water partition coefficient (Wildman–Crippen LogP) is 5.44. The van der Waals surface area contributed by atoms with Crippen molar-refractivity contribution in [2.24, 2.45) is 5.92 Å². The number of allylic oxidation sites excluding steroid dienone is 1. The van der Waals surface area contributed by atoms with Gasteiger partial charge in [-0.1, -0.05) is 35.3 Å². The van der Waals surface area contributed by atoms with Gasteiger partial charge in [0.2, 0.25) is 5.91 Å². The lowest BCUT2D eigenvalue weighted by atomic mass is 9.78. The average molecular weight is 556 g/mol. The van der Waals surface area contributed by atoms with Gasteiger partial charge >= 0.3 is 5.97 Å². The van der Waals surface area contributed by atoms with E-state index in [1.54, 1.807) is 36.4 Å². The van der Waals surface area contributed by atoms with E-state index in [4.69, 9.17) is 32.7 Å². The standard InChI is InChI=1S/C22H17BrCl2N2O4S/c1-30-17-6-4-11(7-15(17)23)18-14(9-26)21(27-20(28)19(18)22(29)31-2)32-10-12-3-5-13(24)8-16(12)25/h3-8,18-19H,10H2,1-2H3,(H,27,28)/t18-,19+/m0/s1. The van der Waals surface area contributed by atoms with Crippen molar-refractivity contribution in [2.45, 2.75) is 11.7 Å². The van der Waals surface area contributed by atoms with E-state index in [0.717, 1.165) is 5.56 Å². The number of rotatable bonds is 6. The van der Waals surface area contributed by atoms with Gasteiger partial charge in [0, 0.05) is 21.7 Å². The molecule has 0 aromatic heterocycles. The number of carbonyl (C=O) groups excluding carboxylic acids is 2. The molecule has 0 bridgehead atoms. The van der Waals surface area contributed by atoms with Crippen LogP contribution in [0.3, 0.4) is 0 Å². The minimum absolute atomic E-state index is 0.257. The first kappa shape index (κ1) is 24.5. The Hall–Kier alpha value is -2.18. The molecule has 3 rings (SSSR count). The number of hydrogen-bond donors (Lipinski definition) is 1. The monoisotopic (exact) mass is 554 g/mol. The topological polar surface area (TPSA) is 88.4 Å². The summed E-state index contributed by atoms with van der Waals surface area (Å²) in [5.41, 5.74) is 1.65. The molecule has 6 nitrogen and oxygen atoms in total. The third kappa shape index (κ3) is 5.07. The molecule has 1 heterocycles. The van der Waals surface area contributed by atoms with Crippen LogP contribution in [0.4, 0.5) is 0 Å². The third-order valence-electron chi connectivity index (χ3n) is 4.91. The molecule has 1 N–H and O–H groups in total. The van der Waals surface area contributed by atoms with Crippen LogP contribution in [0, 0.1) is 17.2 Å². The minimum atomic E-state index is -1.21. The van der Waals surface area contributed by atoms with E-state index in [2.05, 4.69) is 27.3 Å². The van der Waals surface area contributed by atoms with Crippen LogP contribution in [0.2, 0.25) is 10.0 Å². The normalized spacial score (nSPS) is 18.1. The van der Waals surface area contributed by atoms with Gasteiger partial charge in [-0.2, -0.15) is 5.26 Å². The average Bonchev–Trinajstić information content (AvgIpc) is 2.77. The fourth-order valence-corrected chi connectivity index (χ4v) is 5.51. The quantitative estimate of drug-likeness (QED) is 0.377. The largest absolute Gasteiger partial charge is 0.496 e. The van der Waals surface area contributed by atoms with Crippen LogP contribution >= 0.6 is 50.9 Å². The Kier molecular flexibility index (Phi) is 8.12. The zero-order valence-corrected chi connectivity index (χ0v) is 20.9. The van der Waals surface area contributed by atoms with Gasteiger partial charge in [0.25, 0.3) is 0 Å². The highest BCUT2D eigenvalue weighted by atomic mass is 79.9. The first-order chi connectivity index (χ1) is 15.3. The number of nitrogens with one attached hydrogen (secondary N) is 1. The molecule has 10 heteroatoms. The van der Waals surface area contributed by atoms with Gasteiger partial charge in [-0.05, 0) is 51.3 Å². The van der Waals surface area contributed by atoms with E-state index < -0.39 is 23.7 Å². The number of halogens is 3. The molecule has 0 aliphatic carbocycles. The smallest absolute Gasteiger partial charge is 0.319 e. The molecule has 32 heavy (non-hydrogen) atoms. The fourth-order valence-electron chi connectivity index (χ4n) is 3.34. The van der Waals surface area contributed by atoms with Crippen molar-refractivity contribution in [1.29, 1.82) is 5.26 Å². The lowest BCUT2D eigenvalue weighted by Crippen LogP contribution is -2.44. The summed E-state index contributed by atoms with van der Waals surface area (Å²) in [4.78, 5) is 25.4. The van der Waals surface area contributed by atoms with Crippen LogP contribution < -0.4 is 10.1 Å². The fraction of sp³-hybridized carbons (Fsp3) is 0.227. The molecule has 1 aliphatic rings. The van der Waals surface area contributed by atoms with E-state index in [1.165, 1.54) is 26.0 Å². The molecule has 0 spiro atoms. The summed E-state index contributed by atoms with van der Waals surface area (Å²) in [5.74, 6) is -2.34. The van der Waals surface area contributed by atoms with Gasteiger partial charge < -0.3 is 14.8 Å². The highest BCUT2D eigenvalue weighted by Crippen LogP contribution is 2.42. The number of methoxy groups -OCH3 is 2. The Labute approximate surface area is 208 Å². The van der Waals surface area contributed by atoms with Gasteiger partial charge in [-0.15, -0.1) is 11.8 Å². The van der Waals surface area contributed by atoms with Crippen LogP contribution in [0.1, 0.15) is 17.0 Å². The number of ether oxygens (including phenoxy) is 2. The molecular formula is C22H17BrCl2N2O4S. The van der Waals surface area contributed by atoms with E-state index in [1.807, 2.05) is 0 Å². The molecule has 166 valence electrons. The molecule has 0 saturated carbocycles. The first-order valence-electron chi connectivity index (χ1n) is 9.23.